The van der Waals surface area contributed by atoms with Crippen LogP contribution in [0.25, 0.3) is 0 Å². The van der Waals surface area contributed by atoms with E-state index in [1.807, 2.05) is 0 Å². The molecule has 27 heavy (non-hydrogen) atoms. The first kappa shape index (κ1) is 24.2. The van der Waals surface area contributed by atoms with Crippen molar-refractivity contribution in [2.24, 2.45) is 0 Å². The molecule has 2 rings (SSSR count). The summed E-state index contributed by atoms with van der Waals surface area (Å²) in [7, 11) is 0. The van der Waals surface area contributed by atoms with Gasteiger partial charge in [0.15, 0.2) is 21.9 Å². The molecule has 0 bridgehead atoms. The maximum Gasteiger partial charge on any atom is 0.191 e. The van der Waals surface area contributed by atoms with Crippen LogP contribution in [0.5, 0.6) is 0 Å². The minimum atomic E-state index is -1.50. The van der Waals surface area contributed by atoms with Gasteiger partial charge in [-0.3, -0.25) is 0 Å². The van der Waals surface area contributed by atoms with E-state index >= 15 is 0 Å². The summed E-state index contributed by atoms with van der Waals surface area (Å²) in [5.74, 6) is 0.0478. The van der Waals surface area contributed by atoms with Crippen molar-refractivity contribution in [1.29, 1.82) is 0 Å². The summed E-state index contributed by atoms with van der Waals surface area (Å²) in [6, 6.07) is 0.251. The lowest BCUT2D eigenvalue weighted by atomic mass is 10.2. The van der Waals surface area contributed by atoms with Crippen molar-refractivity contribution in [1.82, 2.24) is 9.97 Å². The van der Waals surface area contributed by atoms with Gasteiger partial charge >= 0.3 is 0 Å². The summed E-state index contributed by atoms with van der Waals surface area (Å²) in [5.41, 5.74) is 6.37. The Morgan fingerprint density at radius 2 is 2.00 bits per heavy atom. The number of nitrogen functional groups attached to an aromatic ring is 1. The first-order valence-electron chi connectivity index (χ1n) is 9.03. The highest BCUT2D eigenvalue weighted by Crippen LogP contribution is 2.31. The third-order valence-electron chi connectivity index (χ3n) is 3.48. The number of thioether (sulfide) groups is 1. The van der Waals surface area contributed by atoms with Crippen LogP contribution in [0.4, 0.5) is 11.5 Å². The molecule has 1 aromatic rings. The van der Waals surface area contributed by atoms with E-state index in [1.54, 1.807) is 11.8 Å². The molecule has 1 aromatic heterocycles. The number of nitrogens with zero attached hydrogens (tertiary/aromatic N) is 2. The topological polar surface area (TPSA) is 134 Å². The lowest BCUT2D eigenvalue weighted by Gasteiger charge is -2.16. The number of rotatable bonds is 8. The summed E-state index contributed by atoms with van der Waals surface area (Å²) in [6.07, 6.45) is 4.05. The Kier molecular flexibility index (Phi) is 10.6. The highest BCUT2D eigenvalue weighted by atomic mass is 35.5. The Balaban J connectivity index is 0.000000646. The maximum absolute atomic E-state index is 8.80. The number of nitrogens with two attached hydrogens (primary N) is 1. The van der Waals surface area contributed by atoms with Crippen molar-refractivity contribution in [3.63, 3.8) is 0 Å². The molecule has 156 valence electrons. The number of hydrogen-bond donors (Lipinski definition) is 5. The zero-order chi connectivity index (χ0) is 20.4. The van der Waals surface area contributed by atoms with Gasteiger partial charge < -0.3 is 31.1 Å². The van der Waals surface area contributed by atoms with Crippen LogP contribution in [0.3, 0.4) is 0 Å². The second-order valence-corrected chi connectivity index (χ2v) is 8.19. The summed E-state index contributed by atoms with van der Waals surface area (Å²) in [4.78, 5) is 8.67. The molecule has 0 saturated heterocycles. The number of aromatic nitrogens is 2. The first-order chi connectivity index (χ1) is 12.6. The third-order valence-corrected chi connectivity index (χ3v) is 4.83. The van der Waals surface area contributed by atoms with Gasteiger partial charge in [0.25, 0.3) is 0 Å². The quantitative estimate of drug-likeness (QED) is 0.185. The van der Waals surface area contributed by atoms with Crippen molar-refractivity contribution in [2.75, 3.05) is 30.0 Å². The number of anilines is 2. The van der Waals surface area contributed by atoms with Gasteiger partial charge in [-0.1, -0.05) is 30.3 Å². The average molecular weight is 423 g/mol. The average Bonchev–Trinajstić information content (AvgIpc) is 3.01. The van der Waals surface area contributed by atoms with Gasteiger partial charge in [0.05, 0.1) is 19.3 Å². The Hall–Kier alpha value is -0.840. The molecule has 1 aliphatic rings. The lowest BCUT2D eigenvalue weighted by Crippen LogP contribution is -2.20. The largest absolute Gasteiger partial charge is 0.394 e. The van der Waals surface area contributed by atoms with Crippen molar-refractivity contribution in [2.45, 2.75) is 69.5 Å². The van der Waals surface area contributed by atoms with E-state index < -0.39 is 5.79 Å². The zero-order valence-electron chi connectivity index (χ0n) is 16.1. The molecule has 1 heterocycles. The van der Waals surface area contributed by atoms with E-state index in [0.717, 1.165) is 31.4 Å². The van der Waals surface area contributed by atoms with Gasteiger partial charge in [0.1, 0.15) is 5.69 Å². The van der Waals surface area contributed by atoms with E-state index in [2.05, 4.69) is 22.2 Å². The molecule has 6 N–H and O–H groups in total. The van der Waals surface area contributed by atoms with Crippen LogP contribution in [0.2, 0.25) is 5.15 Å². The van der Waals surface area contributed by atoms with E-state index in [0.29, 0.717) is 28.4 Å². The number of aliphatic hydroxyl groups excluding tert-OH is 1. The van der Waals surface area contributed by atoms with Crippen molar-refractivity contribution in [3.05, 3.63) is 5.15 Å². The molecule has 0 amide bonds. The predicted molar refractivity (Wildman–Crippen MR) is 109 cm³/mol. The first-order valence-corrected chi connectivity index (χ1v) is 10.4. The standard InChI is InChI=1S/C14H23ClN4O2S.C3H8O2/c1-2-7-22-14-18-12(15)11(16)13(19-14)17-9-3-4-10(8-9)21-6-5-20;1-3(2,4)5/h9-10,20H,2-8,16H2,1H3,(H,17,18,19);4-5H,1-2H3. The molecule has 0 radical (unpaired) electrons. The molecular weight excluding hydrogens is 392 g/mol. The van der Waals surface area contributed by atoms with Gasteiger partial charge in [0, 0.05) is 11.8 Å². The summed E-state index contributed by atoms with van der Waals surface area (Å²) < 4.78 is 5.57. The van der Waals surface area contributed by atoms with E-state index in [-0.39, 0.29) is 18.8 Å². The van der Waals surface area contributed by atoms with Crippen LogP contribution in [0, 0.1) is 0 Å². The van der Waals surface area contributed by atoms with Gasteiger partial charge in [-0.15, -0.1) is 0 Å². The molecule has 1 fully saturated rings. The second kappa shape index (κ2) is 11.9. The van der Waals surface area contributed by atoms with Crippen molar-refractivity contribution >= 4 is 34.9 Å². The Morgan fingerprint density at radius 3 is 2.59 bits per heavy atom. The second-order valence-electron chi connectivity index (χ2n) is 6.77. The minimum absolute atomic E-state index is 0.0566. The summed E-state index contributed by atoms with van der Waals surface area (Å²) >= 11 is 7.67. The monoisotopic (exact) mass is 422 g/mol. The zero-order valence-corrected chi connectivity index (χ0v) is 17.7. The predicted octanol–water partition coefficient (Wildman–Crippen LogP) is 2.26. The molecule has 1 aliphatic carbocycles. The fourth-order valence-electron chi connectivity index (χ4n) is 2.43. The third kappa shape index (κ3) is 10.3. The maximum atomic E-state index is 8.80. The van der Waals surface area contributed by atoms with Gasteiger partial charge in [-0.2, -0.15) is 0 Å². The minimum Gasteiger partial charge on any atom is -0.394 e. The number of hydrogen-bond acceptors (Lipinski definition) is 9. The highest BCUT2D eigenvalue weighted by Gasteiger charge is 2.26. The number of ether oxygens (including phenoxy) is 1. The van der Waals surface area contributed by atoms with E-state index in [1.165, 1.54) is 13.8 Å². The SMILES string of the molecule is CC(C)(O)O.CCCSc1nc(Cl)c(N)c(NC2CCC(OCCO)C2)n1. The molecule has 0 aliphatic heterocycles. The van der Waals surface area contributed by atoms with Crippen LogP contribution in [0.15, 0.2) is 5.16 Å². The number of aliphatic hydroxyl groups is 3. The molecule has 1 saturated carbocycles. The van der Waals surface area contributed by atoms with E-state index in [9.17, 15) is 0 Å². The highest BCUT2D eigenvalue weighted by molar-refractivity contribution is 7.99. The number of halogens is 1. The fourth-order valence-corrected chi connectivity index (χ4v) is 3.34. The smallest absolute Gasteiger partial charge is 0.191 e. The molecule has 8 nitrogen and oxygen atoms in total. The van der Waals surface area contributed by atoms with Crippen LogP contribution in [0.1, 0.15) is 46.5 Å². The summed E-state index contributed by atoms with van der Waals surface area (Å²) in [6.45, 7) is 5.15. The Morgan fingerprint density at radius 1 is 1.33 bits per heavy atom. The van der Waals surface area contributed by atoms with Crippen LogP contribution in [-0.4, -0.2) is 62.2 Å². The molecule has 2 unspecified atom stereocenters. The van der Waals surface area contributed by atoms with Gasteiger partial charge in [-0.25, -0.2) is 9.97 Å². The van der Waals surface area contributed by atoms with Gasteiger partial charge in [0.2, 0.25) is 0 Å². The van der Waals surface area contributed by atoms with Crippen molar-refractivity contribution < 1.29 is 20.1 Å². The molecule has 0 aromatic carbocycles. The number of nitrogens with one attached hydrogen (secondary N) is 1. The van der Waals surface area contributed by atoms with Gasteiger partial charge in [-0.05, 0) is 39.5 Å². The molecule has 2 atom stereocenters. The summed E-state index contributed by atoms with van der Waals surface area (Å²) in [5, 5.41) is 29.3. The molecular formula is C17H31ClN4O4S. The molecule has 10 heteroatoms. The molecule has 0 spiro atoms. The normalized spacial score (nSPS) is 19.5. The van der Waals surface area contributed by atoms with Crippen molar-refractivity contribution in [3.8, 4) is 0 Å². The fraction of sp³-hybridized carbons (Fsp3) is 0.765. The Bertz CT molecular complexity index is 569. The van der Waals surface area contributed by atoms with Crippen LogP contribution >= 0.6 is 23.4 Å². The van der Waals surface area contributed by atoms with Crippen LogP contribution < -0.4 is 11.1 Å². The lowest BCUT2D eigenvalue weighted by molar-refractivity contribution is -0.127. The Labute approximate surface area is 169 Å². The van der Waals surface area contributed by atoms with Crippen LogP contribution in [-0.2, 0) is 4.74 Å². The van der Waals surface area contributed by atoms with E-state index in [4.69, 9.17) is 37.4 Å².